The van der Waals surface area contributed by atoms with Crippen molar-refractivity contribution in [2.24, 2.45) is 5.41 Å². The van der Waals surface area contributed by atoms with Crippen molar-refractivity contribution in [3.63, 3.8) is 0 Å². The van der Waals surface area contributed by atoms with Gasteiger partial charge in [-0.1, -0.05) is 12.1 Å². The van der Waals surface area contributed by atoms with E-state index in [1.807, 2.05) is 45.0 Å². The van der Waals surface area contributed by atoms with Crippen LogP contribution >= 0.6 is 0 Å². The summed E-state index contributed by atoms with van der Waals surface area (Å²) in [6, 6.07) is 7.63. The van der Waals surface area contributed by atoms with Crippen LogP contribution in [0.4, 0.5) is 0 Å². The second kappa shape index (κ2) is 7.79. The molecule has 5 nitrogen and oxygen atoms in total. The fraction of sp³-hybridized carbons (Fsp3) is 0.579. The summed E-state index contributed by atoms with van der Waals surface area (Å²) in [6.07, 6.45) is 1.85. The molecule has 0 aromatic heterocycles. The largest absolute Gasteiger partial charge is 0.462 e. The Morgan fingerprint density at radius 1 is 1.12 bits per heavy atom. The van der Waals surface area contributed by atoms with Gasteiger partial charge in [-0.05, 0) is 64.2 Å². The van der Waals surface area contributed by atoms with Crippen molar-refractivity contribution in [2.75, 3.05) is 19.7 Å². The maximum absolute atomic E-state index is 11.9. The highest BCUT2D eigenvalue weighted by Crippen LogP contribution is 2.29. The van der Waals surface area contributed by atoms with Crippen LogP contribution in [-0.2, 0) is 14.4 Å². The van der Waals surface area contributed by atoms with Gasteiger partial charge in [-0.2, -0.15) is 0 Å². The zero-order valence-corrected chi connectivity index (χ0v) is 15.0. The molecule has 24 heavy (non-hydrogen) atoms. The van der Waals surface area contributed by atoms with Gasteiger partial charge >= 0.3 is 11.9 Å². The lowest BCUT2D eigenvalue weighted by Crippen LogP contribution is -2.38. The van der Waals surface area contributed by atoms with E-state index in [-0.39, 0.29) is 11.9 Å². The smallest absolute Gasteiger partial charge is 0.338 e. The standard InChI is InChI=1S/C19H27NO4/c1-5-23-17(21)16-8-6-14(7-9-16)15-10-12-20(13-11-15)24-18(22)19(2,3)4/h6-9,15H,5,10-13H2,1-4H3. The van der Waals surface area contributed by atoms with Gasteiger partial charge in [-0.25, -0.2) is 9.59 Å². The molecule has 2 rings (SSSR count). The van der Waals surface area contributed by atoms with E-state index < -0.39 is 5.41 Å². The summed E-state index contributed by atoms with van der Waals surface area (Å²) in [5.41, 5.74) is 1.31. The topological polar surface area (TPSA) is 55.8 Å². The highest BCUT2D eigenvalue weighted by Gasteiger charge is 2.28. The first-order valence-electron chi connectivity index (χ1n) is 8.55. The molecule has 0 bridgehead atoms. The highest BCUT2D eigenvalue weighted by atomic mass is 16.7. The molecule has 0 atom stereocenters. The molecule has 0 unspecified atom stereocenters. The maximum Gasteiger partial charge on any atom is 0.338 e. The van der Waals surface area contributed by atoms with E-state index in [9.17, 15) is 9.59 Å². The molecule has 132 valence electrons. The average Bonchev–Trinajstić information content (AvgIpc) is 2.55. The van der Waals surface area contributed by atoms with Crippen LogP contribution in [0.2, 0.25) is 0 Å². The van der Waals surface area contributed by atoms with Crippen LogP contribution in [0.1, 0.15) is 62.4 Å². The predicted octanol–water partition coefficient (Wildman–Crippen LogP) is 3.55. The van der Waals surface area contributed by atoms with Crippen molar-refractivity contribution in [3.05, 3.63) is 35.4 Å². The van der Waals surface area contributed by atoms with E-state index in [2.05, 4.69) is 0 Å². The Bertz CT molecular complexity index is 566. The lowest BCUT2D eigenvalue weighted by Gasteiger charge is -2.32. The number of hydrogen-bond donors (Lipinski definition) is 0. The zero-order valence-electron chi connectivity index (χ0n) is 15.0. The monoisotopic (exact) mass is 333 g/mol. The van der Waals surface area contributed by atoms with Gasteiger partial charge in [-0.15, -0.1) is 5.06 Å². The van der Waals surface area contributed by atoms with E-state index in [1.165, 1.54) is 5.56 Å². The number of benzene rings is 1. The molecule has 1 saturated heterocycles. The SMILES string of the molecule is CCOC(=O)c1ccc(C2CCN(OC(=O)C(C)(C)C)CC2)cc1. The van der Waals surface area contributed by atoms with Crippen LogP contribution in [0.15, 0.2) is 24.3 Å². The van der Waals surface area contributed by atoms with Crippen molar-refractivity contribution >= 4 is 11.9 Å². The molecule has 0 N–H and O–H groups in total. The van der Waals surface area contributed by atoms with Gasteiger partial charge in [0.2, 0.25) is 0 Å². The Morgan fingerprint density at radius 2 is 1.71 bits per heavy atom. The first kappa shape index (κ1) is 18.5. The number of carbonyl (C=O) groups excluding carboxylic acids is 2. The predicted molar refractivity (Wildman–Crippen MR) is 91.5 cm³/mol. The Hall–Kier alpha value is -1.88. The normalized spacial score (nSPS) is 16.7. The molecule has 1 aromatic carbocycles. The van der Waals surface area contributed by atoms with Gasteiger partial charge in [-0.3, -0.25) is 0 Å². The molecule has 1 fully saturated rings. The van der Waals surface area contributed by atoms with E-state index in [0.717, 1.165) is 25.9 Å². The molecule has 1 aromatic rings. The van der Waals surface area contributed by atoms with Gasteiger partial charge < -0.3 is 9.57 Å². The number of esters is 1. The third-order valence-electron chi connectivity index (χ3n) is 4.17. The number of hydrogen-bond acceptors (Lipinski definition) is 5. The quantitative estimate of drug-likeness (QED) is 0.789. The number of rotatable bonds is 4. The van der Waals surface area contributed by atoms with Gasteiger partial charge in [0.15, 0.2) is 0 Å². The summed E-state index contributed by atoms with van der Waals surface area (Å²) in [5.74, 6) is -0.0569. The van der Waals surface area contributed by atoms with Gasteiger partial charge in [0.25, 0.3) is 0 Å². The van der Waals surface area contributed by atoms with Crippen LogP contribution in [0.25, 0.3) is 0 Å². The summed E-state index contributed by atoms with van der Waals surface area (Å²) in [5, 5.41) is 1.76. The number of nitrogens with zero attached hydrogens (tertiary/aromatic N) is 1. The molecule has 0 radical (unpaired) electrons. The molecule has 1 heterocycles. The number of hydroxylamine groups is 2. The van der Waals surface area contributed by atoms with E-state index in [4.69, 9.17) is 9.57 Å². The highest BCUT2D eigenvalue weighted by molar-refractivity contribution is 5.89. The number of carbonyl (C=O) groups is 2. The van der Waals surface area contributed by atoms with Crippen molar-refractivity contribution in [1.82, 2.24) is 5.06 Å². The summed E-state index contributed by atoms with van der Waals surface area (Å²) < 4.78 is 5.00. The van der Waals surface area contributed by atoms with E-state index in [0.29, 0.717) is 18.1 Å². The molecular weight excluding hydrogens is 306 g/mol. The Kier molecular flexibility index (Phi) is 5.99. The van der Waals surface area contributed by atoms with Crippen molar-refractivity contribution in [1.29, 1.82) is 0 Å². The summed E-state index contributed by atoms with van der Waals surface area (Å²) in [7, 11) is 0. The van der Waals surface area contributed by atoms with E-state index >= 15 is 0 Å². The minimum absolute atomic E-state index is 0.195. The van der Waals surface area contributed by atoms with Crippen LogP contribution < -0.4 is 0 Å². The molecule has 0 saturated carbocycles. The fourth-order valence-corrected chi connectivity index (χ4v) is 2.64. The Morgan fingerprint density at radius 3 is 2.21 bits per heavy atom. The van der Waals surface area contributed by atoms with Gasteiger partial charge in [0, 0.05) is 13.1 Å². The molecule has 0 amide bonds. The summed E-state index contributed by atoms with van der Waals surface area (Å²) in [4.78, 5) is 29.1. The van der Waals surface area contributed by atoms with Crippen LogP contribution in [0, 0.1) is 5.41 Å². The lowest BCUT2D eigenvalue weighted by atomic mass is 9.89. The van der Waals surface area contributed by atoms with Gasteiger partial charge in [0.1, 0.15) is 0 Å². The van der Waals surface area contributed by atoms with E-state index in [1.54, 1.807) is 12.0 Å². The second-order valence-corrected chi connectivity index (χ2v) is 7.17. The molecular formula is C19H27NO4. The number of piperidine rings is 1. The summed E-state index contributed by atoms with van der Waals surface area (Å²) >= 11 is 0. The third-order valence-corrected chi connectivity index (χ3v) is 4.17. The van der Waals surface area contributed by atoms with Crippen LogP contribution in [0.3, 0.4) is 0 Å². The van der Waals surface area contributed by atoms with Crippen LogP contribution in [-0.4, -0.2) is 36.7 Å². The van der Waals surface area contributed by atoms with Gasteiger partial charge in [0.05, 0.1) is 17.6 Å². The average molecular weight is 333 g/mol. The zero-order chi connectivity index (χ0) is 17.7. The maximum atomic E-state index is 11.9. The minimum Gasteiger partial charge on any atom is -0.462 e. The van der Waals surface area contributed by atoms with Crippen molar-refractivity contribution in [2.45, 2.75) is 46.5 Å². The van der Waals surface area contributed by atoms with Crippen molar-refractivity contribution < 1.29 is 19.2 Å². The molecule has 1 aliphatic heterocycles. The lowest BCUT2D eigenvalue weighted by molar-refractivity contribution is -0.204. The molecule has 5 heteroatoms. The second-order valence-electron chi connectivity index (χ2n) is 7.17. The first-order chi connectivity index (χ1) is 11.3. The third kappa shape index (κ3) is 4.81. The Balaban J connectivity index is 1.88. The molecule has 0 spiro atoms. The van der Waals surface area contributed by atoms with Crippen LogP contribution in [0.5, 0.6) is 0 Å². The summed E-state index contributed by atoms with van der Waals surface area (Å²) in [6.45, 7) is 9.20. The Labute approximate surface area is 143 Å². The van der Waals surface area contributed by atoms with Crippen molar-refractivity contribution in [3.8, 4) is 0 Å². The molecule has 1 aliphatic rings. The first-order valence-corrected chi connectivity index (χ1v) is 8.55. The number of ether oxygens (including phenoxy) is 1. The molecule has 0 aliphatic carbocycles. The fourth-order valence-electron chi connectivity index (χ4n) is 2.64. The minimum atomic E-state index is -0.486.